The van der Waals surface area contributed by atoms with E-state index in [1.807, 2.05) is 30.3 Å². The number of benzene rings is 2. The summed E-state index contributed by atoms with van der Waals surface area (Å²) in [6.07, 6.45) is -1.30. The first-order valence-electron chi connectivity index (χ1n) is 13.2. The van der Waals surface area contributed by atoms with Crippen molar-refractivity contribution in [3.8, 4) is 0 Å². The van der Waals surface area contributed by atoms with E-state index >= 15 is 0 Å². The summed E-state index contributed by atoms with van der Waals surface area (Å²) in [7, 11) is 0. The third kappa shape index (κ3) is 5.65. The van der Waals surface area contributed by atoms with Gasteiger partial charge in [0.25, 0.3) is 5.91 Å². The number of urea groups is 1. The van der Waals surface area contributed by atoms with Gasteiger partial charge < -0.3 is 15.5 Å². The number of amides is 4. The summed E-state index contributed by atoms with van der Waals surface area (Å²) in [6.45, 7) is 1.98. The standard InChI is InChI=1S/C30H28F3N5O3/c1-2-37-24-18-38(23(15-19-9-4-3-5-10-19)27(39)35-17-20-11-8-14-34-16-20)28(40)25(24)26(36-29(37)41)21-12-6-7-13-22(21)30(31,32)33/h3-14,16,23,26H,2,15,17-18H2,1H3,(H,35,39)(H,36,41)/t23-,26-/m0/s1. The third-order valence-electron chi connectivity index (χ3n) is 7.28. The summed E-state index contributed by atoms with van der Waals surface area (Å²) in [5, 5.41) is 5.47. The Morgan fingerprint density at radius 2 is 1.76 bits per heavy atom. The molecule has 0 saturated carbocycles. The van der Waals surface area contributed by atoms with Crippen molar-refractivity contribution in [3.05, 3.63) is 113 Å². The summed E-state index contributed by atoms with van der Waals surface area (Å²) in [5.74, 6) is -1.03. The van der Waals surface area contributed by atoms with Crippen molar-refractivity contribution in [1.82, 2.24) is 25.4 Å². The number of hydrogen-bond acceptors (Lipinski definition) is 4. The predicted molar refractivity (Wildman–Crippen MR) is 144 cm³/mol. The molecule has 0 radical (unpaired) electrons. The lowest BCUT2D eigenvalue weighted by atomic mass is 9.91. The molecule has 0 bridgehead atoms. The fraction of sp³-hybridized carbons (Fsp3) is 0.267. The molecule has 0 saturated heterocycles. The van der Waals surface area contributed by atoms with Crippen LogP contribution in [0.3, 0.4) is 0 Å². The largest absolute Gasteiger partial charge is 0.416 e. The molecular formula is C30H28F3N5O3. The van der Waals surface area contributed by atoms with Crippen molar-refractivity contribution in [1.29, 1.82) is 0 Å². The molecule has 2 aliphatic heterocycles. The number of pyridine rings is 1. The van der Waals surface area contributed by atoms with Crippen molar-refractivity contribution in [2.24, 2.45) is 0 Å². The first-order valence-corrected chi connectivity index (χ1v) is 13.2. The Morgan fingerprint density at radius 1 is 1.05 bits per heavy atom. The Balaban J connectivity index is 1.52. The van der Waals surface area contributed by atoms with Crippen LogP contribution >= 0.6 is 0 Å². The molecule has 2 aliphatic rings. The van der Waals surface area contributed by atoms with Gasteiger partial charge in [-0.1, -0.05) is 54.6 Å². The van der Waals surface area contributed by atoms with Crippen LogP contribution in [0.2, 0.25) is 0 Å². The van der Waals surface area contributed by atoms with Crippen molar-refractivity contribution in [2.45, 2.75) is 38.1 Å². The number of hydrogen-bond donors (Lipinski definition) is 2. The molecule has 41 heavy (non-hydrogen) atoms. The summed E-state index contributed by atoms with van der Waals surface area (Å²) in [6, 6.07) is 14.7. The molecule has 5 rings (SSSR count). The Kier molecular flexibility index (Phi) is 7.78. The number of halogens is 3. The number of alkyl halides is 3. The van der Waals surface area contributed by atoms with Gasteiger partial charge in [-0.05, 0) is 35.7 Å². The Labute approximate surface area is 234 Å². The number of likely N-dealkylation sites (N-methyl/N-ethyl adjacent to an activating group) is 1. The second-order valence-electron chi connectivity index (χ2n) is 9.79. The lowest BCUT2D eigenvalue weighted by molar-refractivity contribution is -0.138. The number of rotatable bonds is 8. The van der Waals surface area contributed by atoms with Crippen LogP contribution < -0.4 is 10.6 Å². The number of aromatic nitrogens is 1. The summed E-state index contributed by atoms with van der Waals surface area (Å²) in [5.41, 5.74) is 0.714. The van der Waals surface area contributed by atoms with Gasteiger partial charge in [-0.15, -0.1) is 0 Å². The molecule has 2 N–H and O–H groups in total. The second kappa shape index (κ2) is 11.4. The van der Waals surface area contributed by atoms with E-state index in [-0.39, 0.29) is 37.2 Å². The minimum Gasteiger partial charge on any atom is -0.350 e. The minimum atomic E-state index is -4.70. The van der Waals surface area contributed by atoms with Crippen LogP contribution in [0.4, 0.5) is 18.0 Å². The zero-order chi connectivity index (χ0) is 29.1. The molecule has 4 amide bonds. The molecule has 0 fully saturated rings. The van der Waals surface area contributed by atoms with Crippen molar-refractivity contribution >= 4 is 17.8 Å². The van der Waals surface area contributed by atoms with Gasteiger partial charge in [-0.3, -0.25) is 19.5 Å². The van der Waals surface area contributed by atoms with E-state index in [0.717, 1.165) is 17.2 Å². The van der Waals surface area contributed by atoms with Crippen molar-refractivity contribution in [2.75, 3.05) is 13.1 Å². The van der Waals surface area contributed by atoms with Gasteiger partial charge >= 0.3 is 12.2 Å². The third-order valence-corrected chi connectivity index (χ3v) is 7.28. The summed E-state index contributed by atoms with van der Waals surface area (Å²) >= 11 is 0. The number of carbonyl (C=O) groups excluding carboxylic acids is 3. The molecule has 3 heterocycles. The van der Waals surface area contributed by atoms with E-state index in [0.29, 0.717) is 5.70 Å². The van der Waals surface area contributed by atoms with E-state index in [2.05, 4.69) is 15.6 Å². The maximum atomic E-state index is 14.1. The molecule has 0 spiro atoms. The highest BCUT2D eigenvalue weighted by Crippen LogP contribution is 2.42. The molecule has 1 aromatic heterocycles. The van der Waals surface area contributed by atoms with Crippen LogP contribution in [-0.4, -0.2) is 51.8 Å². The highest BCUT2D eigenvalue weighted by Gasteiger charge is 2.48. The SMILES string of the molecule is CCN1C(=O)N[C@@H](c2ccccc2C(F)(F)F)C2=C1CN([C@@H](Cc1ccccc1)C(=O)NCc1cccnc1)C2=O. The van der Waals surface area contributed by atoms with Crippen LogP contribution in [0.25, 0.3) is 0 Å². The maximum absolute atomic E-state index is 14.1. The maximum Gasteiger partial charge on any atom is 0.416 e. The van der Waals surface area contributed by atoms with E-state index in [1.54, 1.807) is 31.5 Å². The molecule has 2 aromatic carbocycles. The van der Waals surface area contributed by atoms with Crippen molar-refractivity contribution in [3.63, 3.8) is 0 Å². The minimum absolute atomic E-state index is 0.0290. The van der Waals surface area contributed by atoms with Crippen LogP contribution in [0.5, 0.6) is 0 Å². The first-order chi connectivity index (χ1) is 19.7. The smallest absolute Gasteiger partial charge is 0.350 e. The average Bonchev–Trinajstić information content (AvgIpc) is 3.31. The quantitative estimate of drug-likeness (QED) is 0.430. The normalized spacial score (nSPS) is 17.8. The number of carbonyl (C=O) groups is 3. The molecule has 0 aliphatic carbocycles. The Morgan fingerprint density at radius 3 is 2.44 bits per heavy atom. The van der Waals surface area contributed by atoms with Crippen molar-refractivity contribution < 1.29 is 27.6 Å². The fourth-order valence-corrected chi connectivity index (χ4v) is 5.33. The van der Waals surface area contributed by atoms with E-state index in [1.165, 1.54) is 28.0 Å². The van der Waals surface area contributed by atoms with Gasteiger partial charge in [0.1, 0.15) is 6.04 Å². The average molecular weight is 564 g/mol. The molecule has 2 atom stereocenters. The predicted octanol–water partition coefficient (Wildman–Crippen LogP) is 4.21. The molecular weight excluding hydrogens is 535 g/mol. The topological polar surface area (TPSA) is 94.6 Å². The van der Waals surface area contributed by atoms with Crippen LogP contribution in [0.15, 0.2) is 90.4 Å². The lowest BCUT2D eigenvalue weighted by Gasteiger charge is -2.33. The molecule has 0 unspecified atom stereocenters. The number of nitrogens with one attached hydrogen (secondary N) is 2. The van der Waals surface area contributed by atoms with Gasteiger partial charge in [-0.2, -0.15) is 13.2 Å². The van der Waals surface area contributed by atoms with E-state index in [9.17, 15) is 27.6 Å². The summed E-state index contributed by atoms with van der Waals surface area (Å²) in [4.78, 5) is 47.5. The second-order valence-corrected chi connectivity index (χ2v) is 9.79. The van der Waals surface area contributed by atoms with Gasteiger partial charge in [0, 0.05) is 31.9 Å². The van der Waals surface area contributed by atoms with E-state index in [4.69, 9.17) is 0 Å². The Hall–Kier alpha value is -4.67. The lowest BCUT2D eigenvalue weighted by Crippen LogP contribution is -2.49. The zero-order valence-electron chi connectivity index (χ0n) is 22.2. The van der Waals surface area contributed by atoms with Crippen LogP contribution in [0.1, 0.15) is 35.2 Å². The Bertz CT molecular complexity index is 1480. The van der Waals surface area contributed by atoms with Crippen LogP contribution in [-0.2, 0) is 28.7 Å². The zero-order valence-corrected chi connectivity index (χ0v) is 22.2. The fourth-order valence-electron chi connectivity index (χ4n) is 5.33. The van der Waals surface area contributed by atoms with Gasteiger partial charge in [0.15, 0.2) is 0 Å². The van der Waals surface area contributed by atoms with Gasteiger partial charge in [0.05, 0.1) is 29.4 Å². The molecule has 212 valence electrons. The summed E-state index contributed by atoms with van der Waals surface area (Å²) < 4.78 is 41.9. The monoisotopic (exact) mass is 563 g/mol. The molecule has 11 heteroatoms. The van der Waals surface area contributed by atoms with Gasteiger partial charge in [-0.25, -0.2) is 4.79 Å². The number of nitrogens with zero attached hydrogens (tertiary/aromatic N) is 3. The van der Waals surface area contributed by atoms with Crippen LogP contribution in [0, 0.1) is 0 Å². The first kappa shape index (κ1) is 27.9. The molecule has 8 nitrogen and oxygen atoms in total. The van der Waals surface area contributed by atoms with Gasteiger partial charge in [0.2, 0.25) is 5.91 Å². The highest BCUT2D eigenvalue weighted by atomic mass is 19.4. The highest BCUT2D eigenvalue weighted by molar-refractivity contribution is 6.03. The van der Waals surface area contributed by atoms with E-state index < -0.39 is 41.7 Å². The molecule has 3 aromatic rings.